The second-order valence-electron chi connectivity index (χ2n) is 3.39. The Morgan fingerprint density at radius 1 is 0.882 bits per heavy atom. The molecular weight excluding hydrogens is 217 g/mol. The van der Waals surface area contributed by atoms with Gasteiger partial charge in [-0.3, -0.25) is 27.0 Å². The summed E-state index contributed by atoms with van der Waals surface area (Å²) in [5.74, 6) is 0. The van der Waals surface area contributed by atoms with Gasteiger partial charge in [0, 0.05) is 5.56 Å². The summed E-state index contributed by atoms with van der Waals surface area (Å²) in [7, 11) is 5.12. The second kappa shape index (κ2) is 4.24. The Morgan fingerprint density at radius 2 is 1.29 bits per heavy atom. The minimum absolute atomic E-state index is 0.0468. The Bertz CT molecular complexity index is 815. The van der Waals surface area contributed by atoms with Crippen molar-refractivity contribution >= 4 is 13.7 Å². The first-order valence-corrected chi connectivity index (χ1v) is 4.52. The molecule has 0 fully saturated rings. The standard InChI is InChI=1S/C9H10BN7/c1-2-3(11)4(12)5(13)6(14)7(15)8(16)9(2)17-10/h12-16H,11H2,1H3/b3-2?,12-4?,13-5?,14-6?,15-7?,16-8?,17-9-. The normalized spacial score (nSPS) is 11.5. The van der Waals surface area contributed by atoms with Crippen LogP contribution in [-0.4, -0.2) is 7.98 Å². The summed E-state index contributed by atoms with van der Waals surface area (Å²) < 4.78 is 0. The lowest BCUT2D eigenvalue weighted by molar-refractivity contribution is 0.974. The summed E-state index contributed by atoms with van der Waals surface area (Å²) in [5, 5.41) is 35.5. The molecule has 0 aromatic heterocycles. The van der Waals surface area contributed by atoms with Crippen molar-refractivity contribution in [2.24, 2.45) is 4.90 Å². The molecule has 7 nitrogen and oxygen atoms in total. The van der Waals surface area contributed by atoms with Gasteiger partial charge in [-0.1, -0.05) is 0 Å². The van der Waals surface area contributed by atoms with Crippen molar-refractivity contribution in [2.45, 2.75) is 6.92 Å². The lowest BCUT2D eigenvalue weighted by Crippen LogP contribution is -2.55. The highest BCUT2D eigenvalue weighted by Crippen LogP contribution is 1.90. The Kier molecular flexibility index (Phi) is 3.17. The minimum atomic E-state index is -0.545. The molecule has 0 unspecified atom stereocenters. The average Bonchev–Trinajstić information content (AvgIpc) is 2.33. The fraction of sp³-hybridized carbons (Fsp3) is 0.111. The van der Waals surface area contributed by atoms with Gasteiger partial charge < -0.3 is 10.6 Å². The number of rotatable bonds is 0. The van der Waals surface area contributed by atoms with Gasteiger partial charge in [0.1, 0.15) is 26.8 Å². The zero-order valence-corrected chi connectivity index (χ0v) is 9.10. The predicted molar refractivity (Wildman–Crippen MR) is 58.6 cm³/mol. The van der Waals surface area contributed by atoms with Gasteiger partial charge in [0.15, 0.2) is 0 Å². The number of nitrogens with two attached hydrogens (primary N) is 1. The van der Waals surface area contributed by atoms with Crippen molar-refractivity contribution < 1.29 is 0 Å². The molecule has 1 rings (SSSR count). The molecule has 0 aliphatic rings. The molecule has 0 bridgehead atoms. The molecule has 0 aliphatic carbocycles. The van der Waals surface area contributed by atoms with Gasteiger partial charge in [0.2, 0.25) is 0 Å². The number of nitrogens with zero attached hydrogens (tertiary/aromatic N) is 1. The van der Waals surface area contributed by atoms with Crippen LogP contribution in [0.15, 0.2) is 4.90 Å². The number of hydrogen-bond acceptors (Lipinski definition) is 7. The molecule has 7 N–H and O–H groups in total. The Labute approximate surface area is 96.7 Å². The van der Waals surface area contributed by atoms with E-state index in [0.717, 1.165) is 0 Å². The molecule has 8 heteroatoms. The summed E-state index contributed by atoms with van der Waals surface area (Å²) in [4.78, 5) is 3.36. The third-order valence-electron chi connectivity index (χ3n) is 2.39. The van der Waals surface area contributed by atoms with E-state index in [1.165, 1.54) is 6.92 Å². The van der Waals surface area contributed by atoms with E-state index in [1.807, 2.05) is 0 Å². The van der Waals surface area contributed by atoms with Gasteiger partial charge in [-0.15, -0.1) is 0 Å². The first-order valence-electron chi connectivity index (χ1n) is 4.52. The fourth-order valence-corrected chi connectivity index (χ4v) is 1.29. The molecule has 17 heavy (non-hydrogen) atoms. The molecule has 84 valence electrons. The van der Waals surface area contributed by atoms with Crippen LogP contribution in [-0.2, 0) is 0 Å². The monoisotopic (exact) mass is 227 g/mol. The van der Waals surface area contributed by atoms with Crippen LogP contribution in [0.5, 0.6) is 0 Å². The first kappa shape index (κ1) is 12.7. The summed E-state index contributed by atoms with van der Waals surface area (Å²) >= 11 is 0. The molecule has 0 aliphatic heterocycles. The zero-order valence-electron chi connectivity index (χ0n) is 9.10. The van der Waals surface area contributed by atoms with Crippen LogP contribution < -0.4 is 37.9 Å². The maximum absolute atomic E-state index is 7.66. The van der Waals surface area contributed by atoms with Crippen molar-refractivity contribution in [1.29, 1.82) is 27.0 Å². The molecular formula is C9H10BN7. The minimum Gasteiger partial charge on any atom is -0.397 e. The maximum atomic E-state index is 7.66. The maximum Gasteiger partial charge on any atom is 0.260 e. The van der Waals surface area contributed by atoms with Crippen LogP contribution in [0.3, 0.4) is 0 Å². The third kappa shape index (κ3) is 1.84. The Balaban J connectivity index is 4.58. The van der Waals surface area contributed by atoms with Crippen LogP contribution >= 0.6 is 0 Å². The number of hydrogen-bond donors (Lipinski definition) is 6. The fourth-order valence-electron chi connectivity index (χ4n) is 1.29. The van der Waals surface area contributed by atoms with Crippen molar-refractivity contribution in [3.8, 4) is 0 Å². The third-order valence-corrected chi connectivity index (χ3v) is 2.39. The molecule has 0 saturated heterocycles. The van der Waals surface area contributed by atoms with Crippen LogP contribution in [0.1, 0.15) is 5.56 Å². The highest BCUT2D eigenvalue weighted by atomic mass is 14.6. The van der Waals surface area contributed by atoms with E-state index in [4.69, 9.17) is 40.8 Å². The van der Waals surface area contributed by atoms with Gasteiger partial charge in [-0.05, 0) is 6.92 Å². The lowest BCUT2D eigenvalue weighted by Gasteiger charge is -1.97. The van der Waals surface area contributed by atoms with Crippen molar-refractivity contribution in [3.63, 3.8) is 0 Å². The van der Waals surface area contributed by atoms with Gasteiger partial charge in [-0.2, -0.15) is 0 Å². The molecule has 2 radical (unpaired) electrons. The van der Waals surface area contributed by atoms with E-state index in [9.17, 15) is 0 Å². The van der Waals surface area contributed by atoms with Gasteiger partial charge in [0.05, 0.1) is 11.0 Å². The van der Waals surface area contributed by atoms with Crippen LogP contribution in [0, 0.1) is 34.0 Å². The first-order chi connectivity index (χ1) is 7.82. The lowest BCUT2D eigenvalue weighted by atomic mass is 10.1. The zero-order chi connectivity index (χ0) is 13.3. The molecule has 1 aromatic carbocycles. The largest absolute Gasteiger partial charge is 0.397 e. The van der Waals surface area contributed by atoms with E-state index in [-0.39, 0.29) is 27.3 Å². The Hall–Kier alpha value is -2.38. The van der Waals surface area contributed by atoms with E-state index >= 15 is 0 Å². The molecule has 1 aromatic rings. The highest BCUT2D eigenvalue weighted by molar-refractivity contribution is 6.05. The van der Waals surface area contributed by atoms with E-state index in [0.29, 0.717) is 0 Å². The second-order valence-corrected chi connectivity index (χ2v) is 3.39. The van der Waals surface area contributed by atoms with Crippen molar-refractivity contribution in [3.05, 3.63) is 37.7 Å². The smallest absolute Gasteiger partial charge is 0.260 e. The highest BCUT2D eigenvalue weighted by Gasteiger charge is 2.02. The number of nitrogen functional groups attached to an aromatic ring is 1. The molecule has 0 spiro atoms. The Morgan fingerprint density at radius 3 is 1.76 bits per heavy atom. The van der Waals surface area contributed by atoms with Crippen LogP contribution in [0.4, 0.5) is 5.69 Å². The van der Waals surface area contributed by atoms with Crippen LogP contribution in [0.2, 0.25) is 0 Å². The van der Waals surface area contributed by atoms with Crippen molar-refractivity contribution in [2.75, 3.05) is 5.73 Å². The summed E-state index contributed by atoms with van der Waals surface area (Å²) in [5.41, 5.74) is 5.82. The van der Waals surface area contributed by atoms with E-state index in [2.05, 4.69) is 4.90 Å². The SMILES string of the molecule is [B]/N=c1/c(C)c(N)c(=N)c(=N)c(=N)c(=N)c1=N. The van der Waals surface area contributed by atoms with Gasteiger partial charge in [-0.25, -0.2) is 0 Å². The molecule has 0 atom stereocenters. The topological polar surface area (TPSA) is 158 Å². The van der Waals surface area contributed by atoms with E-state index in [1.54, 1.807) is 0 Å². The molecule has 0 heterocycles. The number of anilines is 1. The average molecular weight is 227 g/mol. The predicted octanol–water partition coefficient (Wildman–Crippen LogP) is -3.17. The summed E-state index contributed by atoms with van der Waals surface area (Å²) in [6.07, 6.45) is 0. The van der Waals surface area contributed by atoms with E-state index < -0.39 is 16.1 Å². The molecule has 0 amide bonds. The quantitative estimate of drug-likeness (QED) is 0.254. The summed E-state index contributed by atoms with van der Waals surface area (Å²) in [6.45, 7) is 1.50. The van der Waals surface area contributed by atoms with Crippen molar-refractivity contribution in [1.82, 2.24) is 0 Å². The van der Waals surface area contributed by atoms with Crippen LogP contribution in [0.25, 0.3) is 0 Å². The van der Waals surface area contributed by atoms with Gasteiger partial charge >= 0.3 is 0 Å². The van der Waals surface area contributed by atoms with Gasteiger partial charge in [0.25, 0.3) is 7.98 Å². The summed E-state index contributed by atoms with van der Waals surface area (Å²) in [6, 6.07) is 0. The number of nitrogens with one attached hydrogen (secondary N) is 5. The molecule has 0 saturated carbocycles.